The van der Waals surface area contributed by atoms with Crippen molar-refractivity contribution in [2.75, 3.05) is 13.2 Å². The second-order valence-corrected chi connectivity index (χ2v) is 15.3. The van der Waals surface area contributed by atoms with Gasteiger partial charge in [-0.3, -0.25) is 14.4 Å². The summed E-state index contributed by atoms with van der Waals surface area (Å²) in [6.45, 7) is 6.31. The maximum atomic E-state index is 12.7. The van der Waals surface area contributed by atoms with Gasteiger partial charge in [-0.05, 0) is 89.9 Å². The van der Waals surface area contributed by atoms with Crippen molar-refractivity contribution in [3.63, 3.8) is 0 Å². The van der Waals surface area contributed by atoms with Gasteiger partial charge in [0, 0.05) is 19.3 Å². The average molecular weight is 819 g/mol. The molecule has 0 saturated carbocycles. The van der Waals surface area contributed by atoms with Crippen molar-refractivity contribution in [2.24, 2.45) is 0 Å². The van der Waals surface area contributed by atoms with Crippen LogP contribution in [0.15, 0.2) is 97.2 Å². The van der Waals surface area contributed by atoms with E-state index in [9.17, 15) is 14.4 Å². The second-order valence-electron chi connectivity index (χ2n) is 15.3. The molecule has 6 heteroatoms. The lowest BCUT2D eigenvalue weighted by molar-refractivity contribution is -0.167. The molecule has 0 spiro atoms. The predicted octanol–water partition coefficient (Wildman–Crippen LogP) is 15.4. The van der Waals surface area contributed by atoms with E-state index >= 15 is 0 Å². The van der Waals surface area contributed by atoms with E-state index in [0.717, 1.165) is 109 Å². The molecule has 0 aromatic carbocycles. The molecule has 0 bridgehead atoms. The fourth-order valence-corrected chi connectivity index (χ4v) is 6.08. The summed E-state index contributed by atoms with van der Waals surface area (Å²) >= 11 is 0. The summed E-state index contributed by atoms with van der Waals surface area (Å²) in [5.41, 5.74) is 0. The normalized spacial score (nSPS) is 12.9. The lowest BCUT2D eigenvalue weighted by atomic mass is 10.1. The zero-order valence-electron chi connectivity index (χ0n) is 38.0. The van der Waals surface area contributed by atoms with Gasteiger partial charge in [-0.2, -0.15) is 0 Å². The lowest BCUT2D eigenvalue weighted by Crippen LogP contribution is -2.30. The molecule has 0 radical (unpaired) electrons. The summed E-state index contributed by atoms with van der Waals surface area (Å²) in [6, 6.07) is 0. The minimum absolute atomic E-state index is 0.105. The second kappa shape index (κ2) is 47.0. The van der Waals surface area contributed by atoms with E-state index in [4.69, 9.17) is 14.2 Å². The van der Waals surface area contributed by atoms with Crippen LogP contribution in [0.4, 0.5) is 0 Å². The molecule has 59 heavy (non-hydrogen) atoms. The molecule has 0 aliphatic carbocycles. The van der Waals surface area contributed by atoms with Gasteiger partial charge in [0.05, 0.1) is 0 Å². The summed E-state index contributed by atoms with van der Waals surface area (Å²) in [7, 11) is 0. The molecule has 0 aromatic rings. The van der Waals surface area contributed by atoms with Gasteiger partial charge in [0.15, 0.2) is 6.10 Å². The van der Waals surface area contributed by atoms with Crippen LogP contribution in [0.2, 0.25) is 0 Å². The van der Waals surface area contributed by atoms with Crippen molar-refractivity contribution in [1.82, 2.24) is 0 Å². The fraction of sp³-hybridized carbons (Fsp3) is 0.642. The van der Waals surface area contributed by atoms with Crippen molar-refractivity contribution in [3.05, 3.63) is 97.2 Å². The zero-order valence-corrected chi connectivity index (χ0v) is 38.0. The molecule has 1 unspecified atom stereocenters. The van der Waals surface area contributed by atoms with Gasteiger partial charge in [0.1, 0.15) is 13.2 Å². The van der Waals surface area contributed by atoms with E-state index in [-0.39, 0.29) is 44.0 Å². The Hall–Kier alpha value is -3.67. The maximum Gasteiger partial charge on any atom is 0.306 e. The molecule has 0 rings (SSSR count). The van der Waals surface area contributed by atoms with E-state index in [1.54, 1.807) is 0 Å². The predicted molar refractivity (Wildman–Crippen MR) is 251 cm³/mol. The van der Waals surface area contributed by atoms with E-state index in [0.29, 0.717) is 12.8 Å². The number of ether oxygens (including phenoxy) is 3. The fourth-order valence-electron chi connectivity index (χ4n) is 6.08. The van der Waals surface area contributed by atoms with Crippen LogP contribution in [0.25, 0.3) is 0 Å². The van der Waals surface area contributed by atoms with E-state index < -0.39 is 6.10 Å². The molecule has 0 N–H and O–H groups in total. The van der Waals surface area contributed by atoms with Crippen LogP contribution < -0.4 is 0 Å². The number of allylic oxidation sites excluding steroid dienone is 16. The van der Waals surface area contributed by atoms with Crippen LogP contribution in [0, 0.1) is 0 Å². The smallest absolute Gasteiger partial charge is 0.306 e. The number of unbranched alkanes of at least 4 members (excludes halogenated alkanes) is 14. The minimum Gasteiger partial charge on any atom is -0.462 e. The Morgan fingerprint density at radius 3 is 1.10 bits per heavy atom. The molecule has 0 aliphatic rings. The highest BCUT2D eigenvalue weighted by atomic mass is 16.6. The molecule has 0 saturated heterocycles. The van der Waals surface area contributed by atoms with Crippen LogP contribution in [0.1, 0.15) is 201 Å². The number of hydrogen-bond acceptors (Lipinski definition) is 6. The third kappa shape index (κ3) is 45.3. The highest BCUT2D eigenvalue weighted by Crippen LogP contribution is 2.13. The molecule has 1 atom stereocenters. The Labute approximate surface area is 362 Å². The van der Waals surface area contributed by atoms with Crippen molar-refractivity contribution in [3.8, 4) is 0 Å². The average Bonchev–Trinajstić information content (AvgIpc) is 3.23. The van der Waals surface area contributed by atoms with Gasteiger partial charge >= 0.3 is 17.9 Å². The molecule has 334 valence electrons. The Kier molecular flexibility index (Phi) is 44.1. The third-order valence-electron chi connectivity index (χ3n) is 9.58. The molecule has 0 heterocycles. The Bertz CT molecular complexity index is 1220. The molecule has 0 aromatic heterocycles. The SMILES string of the molecule is CC/C=C\C/C=C\C/C=C\C/C=C\C/C=C\CCCC(=O)OCC(COC(=O)CCCCCCCCCCCC)OC(=O)CCCCCC/C=C\C/C=C\C/C=C\CC. The third-order valence-corrected chi connectivity index (χ3v) is 9.58. The summed E-state index contributed by atoms with van der Waals surface area (Å²) < 4.78 is 16.7. The first-order valence-corrected chi connectivity index (χ1v) is 23.7. The topological polar surface area (TPSA) is 78.9 Å². The van der Waals surface area contributed by atoms with Gasteiger partial charge in [0.2, 0.25) is 0 Å². The monoisotopic (exact) mass is 819 g/mol. The van der Waals surface area contributed by atoms with Gasteiger partial charge < -0.3 is 14.2 Å². The van der Waals surface area contributed by atoms with Gasteiger partial charge in [-0.1, -0.05) is 189 Å². The van der Waals surface area contributed by atoms with Crippen molar-refractivity contribution in [2.45, 2.75) is 207 Å². The first-order chi connectivity index (χ1) is 29.0. The first-order valence-electron chi connectivity index (χ1n) is 23.7. The number of rotatable bonds is 41. The largest absolute Gasteiger partial charge is 0.462 e. The number of hydrogen-bond donors (Lipinski definition) is 0. The van der Waals surface area contributed by atoms with Crippen molar-refractivity contribution in [1.29, 1.82) is 0 Å². The summed E-state index contributed by atoms with van der Waals surface area (Å²) in [4.78, 5) is 37.8. The quantitative estimate of drug-likeness (QED) is 0.0265. The standard InChI is InChI=1S/C53H86O6/c1-4-7-10-13-16-19-22-24-26-27-28-30-31-34-37-40-43-46-52(55)58-49-50(48-57-51(54)45-42-39-36-33-21-18-15-12-9-6-3)59-53(56)47-44-41-38-35-32-29-25-23-20-17-14-11-8-5-2/h7-8,10-11,16-17,19-20,24-26,28-30,34,37,50H,4-6,9,12-15,18,21-23,27,31-33,35-36,38-49H2,1-3H3/b10-7-,11-8-,19-16-,20-17-,26-24-,29-25-,30-28-,37-34-. The highest BCUT2D eigenvalue weighted by molar-refractivity contribution is 5.71. The highest BCUT2D eigenvalue weighted by Gasteiger charge is 2.19. The molecule has 0 amide bonds. The summed E-state index contributed by atoms with van der Waals surface area (Å²) in [5.74, 6) is -0.997. The molecule has 6 nitrogen and oxygen atoms in total. The molecular formula is C53H86O6. The van der Waals surface area contributed by atoms with Gasteiger partial charge in [-0.15, -0.1) is 0 Å². The number of carbonyl (C=O) groups excluding carboxylic acids is 3. The van der Waals surface area contributed by atoms with Crippen LogP contribution in [0.3, 0.4) is 0 Å². The molecule has 0 aliphatic heterocycles. The minimum atomic E-state index is -0.809. The Morgan fingerprint density at radius 1 is 0.356 bits per heavy atom. The van der Waals surface area contributed by atoms with E-state index in [1.807, 2.05) is 0 Å². The van der Waals surface area contributed by atoms with Crippen molar-refractivity contribution >= 4 is 17.9 Å². The Balaban J connectivity index is 4.51. The van der Waals surface area contributed by atoms with E-state index in [2.05, 4.69) is 118 Å². The number of carbonyl (C=O) groups is 3. The van der Waals surface area contributed by atoms with Gasteiger partial charge in [-0.25, -0.2) is 0 Å². The van der Waals surface area contributed by atoms with E-state index in [1.165, 1.54) is 44.9 Å². The van der Waals surface area contributed by atoms with Gasteiger partial charge in [0.25, 0.3) is 0 Å². The van der Waals surface area contributed by atoms with Crippen LogP contribution in [-0.4, -0.2) is 37.2 Å². The Morgan fingerprint density at radius 2 is 0.678 bits per heavy atom. The summed E-state index contributed by atoms with van der Waals surface area (Å²) in [6.07, 6.45) is 61.1. The number of esters is 3. The van der Waals surface area contributed by atoms with Crippen molar-refractivity contribution < 1.29 is 28.6 Å². The lowest BCUT2D eigenvalue weighted by Gasteiger charge is -2.18. The van der Waals surface area contributed by atoms with Crippen LogP contribution in [-0.2, 0) is 28.6 Å². The maximum absolute atomic E-state index is 12.7. The van der Waals surface area contributed by atoms with Crippen LogP contribution in [0.5, 0.6) is 0 Å². The zero-order chi connectivity index (χ0) is 43.0. The molecule has 0 fully saturated rings. The summed E-state index contributed by atoms with van der Waals surface area (Å²) in [5, 5.41) is 0. The first kappa shape index (κ1) is 55.3. The van der Waals surface area contributed by atoms with Crippen LogP contribution >= 0.6 is 0 Å². The molecular weight excluding hydrogens is 733 g/mol.